The maximum atomic E-state index is 12.8. The van der Waals surface area contributed by atoms with Crippen LogP contribution in [-0.2, 0) is 9.84 Å². The van der Waals surface area contributed by atoms with Gasteiger partial charge in [-0.2, -0.15) is 0 Å². The first-order valence-electron chi connectivity index (χ1n) is 7.10. The summed E-state index contributed by atoms with van der Waals surface area (Å²) in [6.45, 7) is 1.52. The predicted molar refractivity (Wildman–Crippen MR) is 92.7 cm³/mol. The number of methoxy groups -OCH3 is 1. The zero-order chi connectivity index (χ0) is 17.9. The molecular formula is C16H17ClN2O4S. The molecule has 8 heteroatoms. The Kier molecular flexibility index (Phi) is 5.46. The van der Waals surface area contributed by atoms with Crippen LogP contribution in [0.1, 0.15) is 17.3 Å². The van der Waals surface area contributed by atoms with Gasteiger partial charge >= 0.3 is 0 Å². The zero-order valence-electron chi connectivity index (χ0n) is 13.5. The SMILES string of the molecule is CCS(=O)(=O)c1ccc(Cl)cc1C(=O)N(C)c1ccc(OC)nc1. The number of benzene rings is 1. The Bertz CT molecular complexity index is 851. The molecular weight excluding hydrogens is 352 g/mol. The van der Waals surface area contributed by atoms with E-state index in [4.69, 9.17) is 16.3 Å². The number of anilines is 1. The minimum absolute atomic E-state index is 0.0302. The quantitative estimate of drug-likeness (QED) is 0.811. The third-order valence-electron chi connectivity index (χ3n) is 3.51. The van der Waals surface area contributed by atoms with Gasteiger partial charge in [-0.25, -0.2) is 13.4 Å². The number of sulfone groups is 1. The molecule has 0 bridgehead atoms. The molecule has 0 spiro atoms. The highest BCUT2D eigenvalue weighted by atomic mass is 35.5. The summed E-state index contributed by atoms with van der Waals surface area (Å²) in [6, 6.07) is 7.44. The number of ether oxygens (including phenoxy) is 1. The molecule has 0 aliphatic rings. The van der Waals surface area contributed by atoms with E-state index in [2.05, 4.69) is 4.98 Å². The van der Waals surface area contributed by atoms with Gasteiger partial charge in [-0.05, 0) is 24.3 Å². The van der Waals surface area contributed by atoms with Crippen LogP contribution in [0.2, 0.25) is 5.02 Å². The Morgan fingerprint density at radius 2 is 2.00 bits per heavy atom. The maximum Gasteiger partial charge on any atom is 0.259 e. The number of hydrogen-bond donors (Lipinski definition) is 0. The van der Waals surface area contributed by atoms with Gasteiger partial charge in [0.15, 0.2) is 9.84 Å². The zero-order valence-corrected chi connectivity index (χ0v) is 15.1. The number of hydrogen-bond acceptors (Lipinski definition) is 5. The van der Waals surface area contributed by atoms with Gasteiger partial charge in [0.1, 0.15) is 0 Å². The van der Waals surface area contributed by atoms with Gasteiger partial charge < -0.3 is 9.64 Å². The molecule has 1 amide bonds. The molecule has 0 N–H and O–H groups in total. The Labute approximate surface area is 145 Å². The highest BCUT2D eigenvalue weighted by Crippen LogP contribution is 2.25. The Morgan fingerprint density at radius 1 is 1.29 bits per heavy atom. The van der Waals surface area contributed by atoms with Gasteiger partial charge in [0.05, 0.1) is 35.2 Å². The Balaban J connectivity index is 2.46. The number of aromatic nitrogens is 1. The van der Waals surface area contributed by atoms with Crippen LogP contribution in [0, 0.1) is 0 Å². The first kappa shape index (κ1) is 18.2. The third kappa shape index (κ3) is 3.68. The van der Waals surface area contributed by atoms with Crippen LogP contribution in [0.5, 0.6) is 5.88 Å². The summed E-state index contributed by atoms with van der Waals surface area (Å²) in [5, 5.41) is 0.287. The summed E-state index contributed by atoms with van der Waals surface area (Å²) in [7, 11) is -0.531. The standard InChI is InChI=1S/C16H17ClN2O4S/c1-4-24(21,22)14-7-5-11(17)9-13(14)16(20)19(2)12-6-8-15(23-3)18-10-12/h5-10H,4H2,1-3H3. The van der Waals surface area contributed by atoms with Gasteiger partial charge in [-0.15, -0.1) is 0 Å². The average Bonchev–Trinajstić information content (AvgIpc) is 2.60. The summed E-state index contributed by atoms with van der Waals surface area (Å²) in [6.07, 6.45) is 1.47. The molecule has 128 valence electrons. The highest BCUT2D eigenvalue weighted by Gasteiger charge is 2.24. The second-order valence-corrected chi connectivity index (χ2v) is 7.65. The van der Waals surface area contributed by atoms with Crippen molar-refractivity contribution in [1.29, 1.82) is 0 Å². The van der Waals surface area contributed by atoms with Gasteiger partial charge in [-0.1, -0.05) is 18.5 Å². The molecule has 0 aliphatic heterocycles. The largest absolute Gasteiger partial charge is 0.481 e. The van der Waals surface area contributed by atoms with Crippen molar-refractivity contribution in [2.24, 2.45) is 0 Å². The second-order valence-electron chi connectivity index (χ2n) is 4.97. The lowest BCUT2D eigenvalue weighted by Crippen LogP contribution is -2.28. The molecule has 0 aliphatic carbocycles. The van der Waals surface area contributed by atoms with Crippen LogP contribution in [0.25, 0.3) is 0 Å². The normalized spacial score (nSPS) is 11.2. The number of pyridine rings is 1. The van der Waals surface area contributed by atoms with Crippen molar-refractivity contribution in [3.63, 3.8) is 0 Å². The van der Waals surface area contributed by atoms with E-state index in [-0.39, 0.29) is 21.2 Å². The van der Waals surface area contributed by atoms with E-state index in [1.165, 1.54) is 50.4 Å². The molecule has 0 atom stereocenters. The molecule has 0 saturated heterocycles. The smallest absolute Gasteiger partial charge is 0.259 e. The van der Waals surface area contributed by atoms with Crippen molar-refractivity contribution in [1.82, 2.24) is 4.98 Å². The topological polar surface area (TPSA) is 76.6 Å². The van der Waals surface area contributed by atoms with E-state index in [1.54, 1.807) is 12.1 Å². The Hall–Kier alpha value is -2.12. The number of rotatable bonds is 5. The van der Waals surface area contributed by atoms with Crippen LogP contribution in [0.4, 0.5) is 5.69 Å². The maximum absolute atomic E-state index is 12.8. The average molecular weight is 369 g/mol. The number of nitrogens with zero attached hydrogens (tertiary/aromatic N) is 2. The molecule has 0 unspecified atom stereocenters. The van der Waals surface area contributed by atoms with Gasteiger partial charge in [0.2, 0.25) is 5.88 Å². The first-order valence-corrected chi connectivity index (χ1v) is 9.13. The molecule has 1 heterocycles. The van der Waals surface area contributed by atoms with E-state index in [0.29, 0.717) is 11.6 Å². The number of carbonyl (C=O) groups is 1. The summed E-state index contributed by atoms with van der Waals surface area (Å²) in [5.74, 6) is -0.184. The van der Waals surface area contributed by atoms with Crippen molar-refractivity contribution in [2.45, 2.75) is 11.8 Å². The van der Waals surface area contributed by atoms with Crippen molar-refractivity contribution in [3.05, 3.63) is 47.1 Å². The highest BCUT2D eigenvalue weighted by molar-refractivity contribution is 7.91. The predicted octanol–water partition coefficient (Wildman–Crippen LogP) is 2.81. The van der Waals surface area contributed by atoms with Crippen LogP contribution >= 0.6 is 11.6 Å². The monoisotopic (exact) mass is 368 g/mol. The number of amides is 1. The van der Waals surface area contributed by atoms with E-state index in [0.717, 1.165) is 0 Å². The molecule has 2 rings (SSSR count). The summed E-state index contributed by atoms with van der Waals surface area (Å²) < 4.78 is 29.5. The molecule has 6 nitrogen and oxygen atoms in total. The van der Waals surface area contributed by atoms with Crippen LogP contribution in [-0.4, -0.2) is 39.2 Å². The van der Waals surface area contributed by atoms with Gasteiger partial charge in [-0.3, -0.25) is 4.79 Å². The Morgan fingerprint density at radius 3 is 2.54 bits per heavy atom. The minimum Gasteiger partial charge on any atom is -0.481 e. The summed E-state index contributed by atoms with van der Waals surface area (Å²) in [4.78, 5) is 18.1. The lowest BCUT2D eigenvalue weighted by molar-refractivity contribution is 0.0989. The van der Waals surface area contributed by atoms with E-state index < -0.39 is 15.7 Å². The molecule has 2 aromatic rings. The van der Waals surface area contributed by atoms with Crippen molar-refractivity contribution in [2.75, 3.05) is 24.8 Å². The second kappa shape index (κ2) is 7.19. The van der Waals surface area contributed by atoms with Crippen molar-refractivity contribution < 1.29 is 17.9 Å². The van der Waals surface area contributed by atoms with Crippen molar-refractivity contribution in [3.8, 4) is 5.88 Å². The fourth-order valence-corrected chi connectivity index (χ4v) is 3.33. The van der Waals surface area contributed by atoms with Gasteiger partial charge in [0.25, 0.3) is 5.91 Å². The molecule has 1 aromatic heterocycles. The fourth-order valence-electron chi connectivity index (χ4n) is 2.09. The molecule has 0 saturated carbocycles. The van der Waals surface area contributed by atoms with Crippen LogP contribution < -0.4 is 9.64 Å². The molecule has 0 fully saturated rings. The van der Waals surface area contributed by atoms with Gasteiger partial charge in [0, 0.05) is 18.1 Å². The lowest BCUT2D eigenvalue weighted by atomic mass is 10.2. The summed E-state index contributed by atoms with van der Waals surface area (Å²) >= 11 is 5.95. The summed E-state index contributed by atoms with van der Waals surface area (Å²) in [5.41, 5.74) is 0.531. The third-order valence-corrected chi connectivity index (χ3v) is 5.53. The minimum atomic E-state index is -3.56. The number of carbonyl (C=O) groups excluding carboxylic acids is 1. The van der Waals surface area contributed by atoms with E-state index in [9.17, 15) is 13.2 Å². The van der Waals surface area contributed by atoms with E-state index >= 15 is 0 Å². The van der Waals surface area contributed by atoms with Crippen LogP contribution in [0.15, 0.2) is 41.4 Å². The fraction of sp³-hybridized carbons (Fsp3) is 0.250. The molecule has 24 heavy (non-hydrogen) atoms. The van der Waals surface area contributed by atoms with Crippen molar-refractivity contribution >= 4 is 33.0 Å². The number of halogens is 1. The lowest BCUT2D eigenvalue weighted by Gasteiger charge is -2.19. The molecule has 1 aromatic carbocycles. The molecule has 0 radical (unpaired) electrons. The van der Waals surface area contributed by atoms with E-state index in [1.807, 2.05) is 0 Å². The first-order chi connectivity index (χ1) is 11.3. The van der Waals surface area contributed by atoms with Crippen LogP contribution in [0.3, 0.4) is 0 Å².